The number of hydrogen-bond acceptors (Lipinski definition) is 11. The lowest BCUT2D eigenvalue weighted by Crippen LogP contribution is -2.50. The molecule has 0 aliphatic carbocycles. The lowest BCUT2D eigenvalue weighted by atomic mass is 9.99. The third-order valence-electron chi connectivity index (χ3n) is 9.11. The van der Waals surface area contributed by atoms with E-state index in [0.717, 1.165) is 66.6 Å². The standard InChI is InChI=1S/C35H39BrN9O4P/c1-43-21-22(18-39-43)25-16-28(31(48-2)17-30(25)44-13-10-23(11-14-44)45-12-7-15-49-35(45)46)41-34-38-19-26(36)33(42-34)40-29-20-37-27-9-6-5-8-24(27)32(29)50(3,4)47/h5-6,8-9,16-21,23H,7,10-15H2,1-4H3,(H2,38,40,41,42). The van der Waals surface area contributed by atoms with E-state index in [2.05, 4.69) is 46.5 Å². The molecule has 2 aliphatic heterocycles. The zero-order valence-electron chi connectivity index (χ0n) is 28.4. The molecule has 15 heteroatoms. The fraction of sp³-hybridized carbons (Fsp3) is 0.343. The second-order valence-corrected chi connectivity index (χ2v) is 16.9. The summed E-state index contributed by atoms with van der Waals surface area (Å²) in [6.45, 7) is 6.30. The Balaban J connectivity index is 1.20. The third-order valence-corrected chi connectivity index (χ3v) is 11.3. The fourth-order valence-corrected chi connectivity index (χ4v) is 8.52. The summed E-state index contributed by atoms with van der Waals surface area (Å²) in [5.41, 5.74) is 5.00. The minimum atomic E-state index is -2.72. The van der Waals surface area contributed by atoms with E-state index in [0.29, 0.717) is 45.3 Å². The third kappa shape index (κ3) is 6.86. The molecule has 3 aromatic heterocycles. The molecule has 0 spiro atoms. The molecular weight excluding hydrogens is 721 g/mol. The van der Waals surface area contributed by atoms with Gasteiger partial charge in [-0.25, -0.2) is 9.78 Å². The van der Waals surface area contributed by atoms with E-state index >= 15 is 0 Å². The first-order valence-electron chi connectivity index (χ1n) is 16.5. The number of piperidine rings is 1. The summed E-state index contributed by atoms with van der Waals surface area (Å²) in [5, 5.41) is 12.7. The molecule has 2 aromatic carbocycles. The molecule has 5 aromatic rings. The summed E-state index contributed by atoms with van der Waals surface area (Å²) in [4.78, 5) is 30.6. The highest BCUT2D eigenvalue weighted by molar-refractivity contribution is 9.10. The molecule has 260 valence electrons. The summed E-state index contributed by atoms with van der Waals surface area (Å²) in [7, 11) is 0.812. The van der Waals surface area contributed by atoms with Crippen molar-refractivity contribution in [2.75, 3.05) is 62.2 Å². The number of amides is 1. The van der Waals surface area contributed by atoms with Gasteiger partial charge in [-0.2, -0.15) is 10.1 Å². The molecule has 2 aliphatic rings. The maximum Gasteiger partial charge on any atom is 0.410 e. The number of hydrogen-bond donors (Lipinski definition) is 2. The number of nitrogens with one attached hydrogen (secondary N) is 2. The van der Waals surface area contributed by atoms with Gasteiger partial charge in [0.1, 0.15) is 18.7 Å². The Labute approximate surface area is 298 Å². The van der Waals surface area contributed by atoms with E-state index in [1.54, 1.807) is 37.5 Å². The van der Waals surface area contributed by atoms with Crippen molar-refractivity contribution in [3.8, 4) is 16.9 Å². The molecule has 2 fully saturated rings. The second-order valence-electron chi connectivity index (χ2n) is 12.9. The van der Waals surface area contributed by atoms with Gasteiger partial charge in [0.25, 0.3) is 0 Å². The van der Waals surface area contributed by atoms with Crippen molar-refractivity contribution in [3.63, 3.8) is 0 Å². The zero-order valence-corrected chi connectivity index (χ0v) is 30.9. The smallest absolute Gasteiger partial charge is 0.410 e. The van der Waals surface area contributed by atoms with Crippen LogP contribution in [0, 0.1) is 0 Å². The minimum absolute atomic E-state index is 0.157. The van der Waals surface area contributed by atoms with E-state index in [1.807, 2.05) is 60.7 Å². The van der Waals surface area contributed by atoms with Crippen LogP contribution in [0.4, 0.5) is 33.6 Å². The van der Waals surface area contributed by atoms with Crippen molar-refractivity contribution < 1.29 is 18.8 Å². The van der Waals surface area contributed by atoms with Crippen molar-refractivity contribution in [3.05, 3.63) is 65.7 Å². The van der Waals surface area contributed by atoms with Crippen molar-refractivity contribution in [1.82, 2.24) is 29.6 Å². The predicted octanol–water partition coefficient (Wildman–Crippen LogP) is 6.74. The molecule has 7 rings (SSSR count). The summed E-state index contributed by atoms with van der Waals surface area (Å²) in [6, 6.07) is 11.9. The Kier molecular flexibility index (Phi) is 9.40. The number of aryl methyl sites for hydroxylation is 1. The number of halogens is 1. The number of rotatable bonds is 9. The summed E-state index contributed by atoms with van der Waals surface area (Å²) in [5.74, 6) is 1.44. The number of carbonyl (C=O) groups excluding carboxylic acids is 1. The Hall–Kier alpha value is -4.68. The predicted molar refractivity (Wildman–Crippen MR) is 200 cm³/mol. The van der Waals surface area contributed by atoms with Crippen molar-refractivity contribution >= 4 is 74.2 Å². The fourth-order valence-electron chi connectivity index (χ4n) is 6.77. The summed E-state index contributed by atoms with van der Waals surface area (Å²) >= 11 is 3.58. The van der Waals surface area contributed by atoms with Gasteiger partial charge in [0, 0.05) is 78.7 Å². The van der Waals surface area contributed by atoms with Gasteiger partial charge in [0.2, 0.25) is 5.95 Å². The van der Waals surface area contributed by atoms with E-state index < -0.39 is 7.14 Å². The number of aromatic nitrogens is 5. The normalized spacial score (nSPS) is 15.7. The number of anilines is 5. The zero-order chi connectivity index (χ0) is 35.0. The molecule has 0 atom stereocenters. The molecule has 0 bridgehead atoms. The molecule has 50 heavy (non-hydrogen) atoms. The van der Waals surface area contributed by atoms with Crippen LogP contribution in [0.5, 0.6) is 5.75 Å². The Bertz CT molecular complexity index is 2110. The van der Waals surface area contributed by atoms with Crippen LogP contribution in [0.2, 0.25) is 0 Å². The number of carbonyl (C=O) groups is 1. The van der Waals surface area contributed by atoms with Crippen LogP contribution in [0.1, 0.15) is 19.3 Å². The number of ether oxygens (including phenoxy) is 2. The number of cyclic esters (lactones) is 1. The van der Waals surface area contributed by atoms with E-state index in [4.69, 9.17) is 14.5 Å². The van der Waals surface area contributed by atoms with Gasteiger partial charge in [-0.15, -0.1) is 0 Å². The topological polar surface area (TPSA) is 140 Å². The SMILES string of the molecule is COc1cc(N2CCC(N3CCCOC3=O)CC2)c(-c2cnn(C)c2)cc1Nc1ncc(Br)c(Nc2cnc3ccccc3c2P(C)(C)=O)n1. The largest absolute Gasteiger partial charge is 0.494 e. The maximum absolute atomic E-state index is 13.5. The van der Waals surface area contributed by atoms with Gasteiger partial charge in [0.15, 0.2) is 0 Å². The lowest BCUT2D eigenvalue weighted by molar-refractivity contribution is 0.0499. The summed E-state index contributed by atoms with van der Waals surface area (Å²) in [6.07, 6.45) is 9.53. The van der Waals surface area contributed by atoms with Crippen LogP contribution in [0.3, 0.4) is 0 Å². The first kappa shape index (κ1) is 33.8. The van der Waals surface area contributed by atoms with Gasteiger partial charge >= 0.3 is 6.09 Å². The van der Waals surface area contributed by atoms with Gasteiger partial charge in [-0.1, -0.05) is 18.2 Å². The maximum atomic E-state index is 13.5. The molecular formula is C35H39BrN9O4P. The van der Waals surface area contributed by atoms with E-state index in [-0.39, 0.29) is 12.1 Å². The number of pyridine rings is 1. The Morgan fingerprint density at radius 3 is 2.54 bits per heavy atom. The van der Waals surface area contributed by atoms with Crippen LogP contribution in [0.15, 0.2) is 65.7 Å². The van der Waals surface area contributed by atoms with Crippen LogP contribution < -0.4 is 25.6 Å². The number of fused-ring (bicyclic) bond motifs is 1. The van der Waals surface area contributed by atoms with Crippen LogP contribution >= 0.6 is 23.1 Å². The second kappa shape index (κ2) is 13.9. The van der Waals surface area contributed by atoms with Crippen molar-refractivity contribution in [2.24, 2.45) is 7.05 Å². The first-order chi connectivity index (χ1) is 24.1. The number of nitrogens with zero attached hydrogens (tertiary/aromatic N) is 7. The van der Waals surface area contributed by atoms with Crippen molar-refractivity contribution in [1.29, 1.82) is 0 Å². The Morgan fingerprint density at radius 1 is 1.02 bits per heavy atom. The quantitative estimate of drug-likeness (QED) is 0.155. The molecule has 0 saturated carbocycles. The highest BCUT2D eigenvalue weighted by Gasteiger charge is 2.32. The number of methoxy groups -OCH3 is 1. The number of benzene rings is 2. The summed E-state index contributed by atoms with van der Waals surface area (Å²) < 4.78 is 27.2. The lowest BCUT2D eigenvalue weighted by Gasteiger charge is -2.40. The average molecular weight is 761 g/mol. The molecule has 2 N–H and O–H groups in total. The van der Waals surface area contributed by atoms with E-state index in [1.165, 1.54) is 0 Å². The number of para-hydroxylation sites is 1. The van der Waals surface area contributed by atoms with Gasteiger partial charge < -0.3 is 34.5 Å². The molecule has 0 unspecified atom stereocenters. The van der Waals surface area contributed by atoms with E-state index in [9.17, 15) is 9.36 Å². The first-order valence-corrected chi connectivity index (χ1v) is 19.9. The van der Waals surface area contributed by atoms with Crippen LogP contribution in [-0.2, 0) is 16.3 Å². The molecule has 2 saturated heterocycles. The Morgan fingerprint density at radius 2 is 1.82 bits per heavy atom. The van der Waals surface area contributed by atoms with Crippen LogP contribution in [0.25, 0.3) is 22.0 Å². The molecule has 0 radical (unpaired) electrons. The molecule has 1 amide bonds. The van der Waals surface area contributed by atoms with Gasteiger partial charge in [0.05, 0.1) is 47.5 Å². The molecule has 13 nitrogen and oxygen atoms in total. The highest BCUT2D eigenvalue weighted by Crippen LogP contribution is 2.43. The monoisotopic (exact) mass is 759 g/mol. The highest BCUT2D eigenvalue weighted by atomic mass is 79.9. The van der Waals surface area contributed by atoms with Gasteiger partial charge in [-0.05, 0) is 60.7 Å². The average Bonchev–Trinajstić information content (AvgIpc) is 3.55. The van der Waals surface area contributed by atoms with Gasteiger partial charge in [-0.3, -0.25) is 9.67 Å². The van der Waals surface area contributed by atoms with Crippen molar-refractivity contribution in [2.45, 2.75) is 25.3 Å². The minimum Gasteiger partial charge on any atom is -0.494 e. The molecule has 5 heterocycles. The van der Waals surface area contributed by atoms with Crippen LogP contribution in [-0.4, -0.2) is 88.4 Å².